The van der Waals surface area contributed by atoms with E-state index in [4.69, 9.17) is 34.8 Å². The molecule has 2 atom stereocenters. The van der Waals surface area contributed by atoms with Crippen LogP contribution in [0.4, 0.5) is 5.69 Å². The zero-order chi connectivity index (χ0) is 22.1. The van der Waals surface area contributed by atoms with Gasteiger partial charge in [-0.2, -0.15) is 0 Å². The van der Waals surface area contributed by atoms with E-state index in [1.165, 1.54) is 0 Å². The number of likely N-dealkylation sites (tertiary alicyclic amines) is 2. The molecule has 164 valence electrons. The number of carbonyl (C=O) groups is 2. The van der Waals surface area contributed by atoms with Gasteiger partial charge < -0.3 is 15.1 Å². The Morgan fingerprint density at radius 1 is 1.00 bits per heavy atom. The van der Waals surface area contributed by atoms with Gasteiger partial charge >= 0.3 is 0 Å². The highest BCUT2D eigenvalue weighted by Crippen LogP contribution is 2.34. The molecule has 0 bridgehead atoms. The zero-order valence-corrected chi connectivity index (χ0v) is 19.5. The van der Waals surface area contributed by atoms with Gasteiger partial charge in [0.25, 0.3) is 5.91 Å². The monoisotopic (exact) mass is 479 g/mol. The number of rotatable bonds is 5. The average Bonchev–Trinajstić information content (AvgIpc) is 3.30. The van der Waals surface area contributed by atoms with Crippen molar-refractivity contribution >= 4 is 52.3 Å². The molecule has 0 saturated carbocycles. The first-order valence-corrected chi connectivity index (χ1v) is 11.5. The van der Waals surface area contributed by atoms with Crippen LogP contribution in [0.1, 0.15) is 22.3 Å². The maximum Gasteiger partial charge on any atom is 0.255 e. The standard InChI is InChI=1S/C23H24Cl3N3O2/c1-14-5-6-17(9-20(14)25)27-21(30)7-8-28-10-15-12-29(13-16(15)11-28)23(31)18-3-2-4-19(24)22(18)26/h2-6,9,15-16H,7-8,10-13H2,1H3,(H,27,30). The van der Waals surface area contributed by atoms with Crippen LogP contribution >= 0.6 is 34.8 Å². The molecule has 2 heterocycles. The third-order valence-electron chi connectivity index (χ3n) is 6.14. The molecule has 2 aliphatic heterocycles. The summed E-state index contributed by atoms with van der Waals surface area (Å²) < 4.78 is 0. The van der Waals surface area contributed by atoms with E-state index in [1.54, 1.807) is 24.3 Å². The van der Waals surface area contributed by atoms with Crippen LogP contribution in [0.3, 0.4) is 0 Å². The zero-order valence-electron chi connectivity index (χ0n) is 17.2. The number of nitrogens with one attached hydrogen (secondary N) is 1. The minimum Gasteiger partial charge on any atom is -0.338 e. The van der Waals surface area contributed by atoms with Crippen molar-refractivity contribution in [1.29, 1.82) is 0 Å². The van der Waals surface area contributed by atoms with Gasteiger partial charge in [-0.15, -0.1) is 0 Å². The van der Waals surface area contributed by atoms with Gasteiger partial charge in [0.1, 0.15) is 0 Å². The maximum atomic E-state index is 12.9. The smallest absolute Gasteiger partial charge is 0.255 e. The number of hydrogen-bond donors (Lipinski definition) is 1. The van der Waals surface area contributed by atoms with Crippen molar-refractivity contribution in [2.45, 2.75) is 13.3 Å². The molecule has 1 N–H and O–H groups in total. The first-order chi connectivity index (χ1) is 14.8. The molecule has 2 amide bonds. The summed E-state index contributed by atoms with van der Waals surface area (Å²) in [5.41, 5.74) is 2.15. The van der Waals surface area contributed by atoms with Crippen molar-refractivity contribution in [3.63, 3.8) is 0 Å². The van der Waals surface area contributed by atoms with Crippen molar-refractivity contribution in [2.24, 2.45) is 11.8 Å². The Balaban J connectivity index is 1.26. The van der Waals surface area contributed by atoms with Gasteiger partial charge in [-0.3, -0.25) is 9.59 Å². The number of fused-ring (bicyclic) bond motifs is 1. The lowest BCUT2D eigenvalue weighted by Gasteiger charge is -2.22. The van der Waals surface area contributed by atoms with E-state index in [0.29, 0.717) is 64.2 Å². The van der Waals surface area contributed by atoms with Gasteiger partial charge in [0.05, 0.1) is 15.6 Å². The molecule has 0 radical (unpaired) electrons. The molecule has 31 heavy (non-hydrogen) atoms. The van der Waals surface area contributed by atoms with E-state index in [-0.39, 0.29) is 11.8 Å². The third-order valence-corrected chi connectivity index (χ3v) is 7.37. The molecule has 0 aromatic heterocycles. The number of hydrogen-bond acceptors (Lipinski definition) is 3. The van der Waals surface area contributed by atoms with Gasteiger partial charge in [-0.1, -0.05) is 46.9 Å². The summed E-state index contributed by atoms with van der Waals surface area (Å²) in [6, 6.07) is 10.7. The lowest BCUT2D eigenvalue weighted by atomic mass is 10.0. The van der Waals surface area contributed by atoms with Crippen LogP contribution < -0.4 is 5.32 Å². The highest BCUT2D eigenvalue weighted by Gasteiger charge is 2.41. The Morgan fingerprint density at radius 2 is 1.71 bits per heavy atom. The Kier molecular flexibility index (Phi) is 6.77. The van der Waals surface area contributed by atoms with Crippen molar-refractivity contribution in [3.8, 4) is 0 Å². The number of benzene rings is 2. The fourth-order valence-electron chi connectivity index (χ4n) is 4.43. The molecule has 8 heteroatoms. The van der Waals surface area contributed by atoms with E-state index in [9.17, 15) is 9.59 Å². The lowest BCUT2D eigenvalue weighted by Crippen LogP contribution is -2.34. The van der Waals surface area contributed by atoms with Crippen LogP contribution in [0.25, 0.3) is 0 Å². The van der Waals surface area contributed by atoms with Gasteiger partial charge in [0, 0.05) is 49.9 Å². The van der Waals surface area contributed by atoms with Crippen molar-refractivity contribution in [3.05, 3.63) is 62.6 Å². The minimum absolute atomic E-state index is 0.0237. The molecule has 0 aliphatic carbocycles. The summed E-state index contributed by atoms with van der Waals surface area (Å²) in [6.45, 7) is 5.82. The second-order valence-electron chi connectivity index (χ2n) is 8.35. The molecule has 2 fully saturated rings. The normalized spacial score (nSPS) is 20.7. The molecule has 4 rings (SSSR count). The summed E-state index contributed by atoms with van der Waals surface area (Å²) in [7, 11) is 0. The average molecular weight is 481 g/mol. The summed E-state index contributed by atoms with van der Waals surface area (Å²) >= 11 is 18.4. The number of amides is 2. The predicted molar refractivity (Wildman–Crippen MR) is 125 cm³/mol. The SMILES string of the molecule is Cc1ccc(NC(=O)CCN2CC3CN(C(=O)c4cccc(Cl)c4Cl)CC3C2)cc1Cl. The first-order valence-electron chi connectivity index (χ1n) is 10.3. The van der Waals surface area contributed by atoms with E-state index < -0.39 is 0 Å². The molecule has 2 saturated heterocycles. The molecular weight excluding hydrogens is 457 g/mol. The molecule has 2 aliphatic rings. The van der Waals surface area contributed by atoms with E-state index in [2.05, 4.69) is 10.2 Å². The summed E-state index contributed by atoms with van der Waals surface area (Å²) in [4.78, 5) is 29.4. The third kappa shape index (κ3) is 5.01. The van der Waals surface area contributed by atoms with Gasteiger partial charge in [0.2, 0.25) is 5.91 Å². The fourth-order valence-corrected chi connectivity index (χ4v) is 4.99. The van der Waals surface area contributed by atoms with Gasteiger partial charge in [0.15, 0.2) is 0 Å². The Labute approximate surface area is 197 Å². The number of carbonyl (C=O) groups excluding carboxylic acids is 2. The number of halogens is 3. The van der Waals surface area contributed by atoms with E-state index >= 15 is 0 Å². The summed E-state index contributed by atoms with van der Waals surface area (Å²) in [5, 5.41) is 4.26. The van der Waals surface area contributed by atoms with Crippen LogP contribution in [-0.2, 0) is 4.79 Å². The van der Waals surface area contributed by atoms with Crippen LogP contribution in [0, 0.1) is 18.8 Å². The second kappa shape index (κ2) is 9.37. The highest BCUT2D eigenvalue weighted by atomic mass is 35.5. The Morgan fingerprint density at radius 3 is 2.39 bits per heavy atom. The number of anilines is 1. The largest absolute Gasteiger partial charge is 0.338 e. The van der Waals surface area contributed by atoms with Crippen molar-refractivity contribution < 1.29 is 9.59 Å². The van der Waals surface area contributed by atoms with Crippen LogP contribution in [0.2, 0.25) is 15.1 Å². The minimum atomic E-state index is -0.0652. The Bertz CT molecular complexity index is 1000. The predicted octanol–water partition coefficient (Wildman–Crippen LogP) is 4.99. The number of nitrogens with zero attached hydrogens (tertiary/aromatic N) is 2. The molecule has 5 nitrogen and oxygen atoms in total. The molecule has 2 aromatic carbocycles. The van der Waals surface area contributed by atoms with E-state index in [0.717, 1.165) is 18.7 Å². The molecular formula is C23H24Cl3N3O2. The quantitative estimate of drug-likeness (QED) is 0.656. The molecule has 2 unspecified atom stereocenters. The van der Waals surface area contributed by atoms with E-state index in [1.807, 2.05) is 24.0 Å². The van der Waals surface area contributed by atoms with Gasteiger partial charge in [-0.05, 0) is 48.6 Å². The summed E-state index contributed by atoms with van der Waals surface area (Å²) in [6.07, 6.45) is 0.422. The maximum absolute atomic E-state index is 12.9. The van der Waals surface area contributed by atoms with Gasteiger partial charge in [-0.25, -0.2) is 0 Å². The van der Waals surface area contributed by atoms with Crippen LogP contribution in [0.5, 0.6) is 0 Å². The number of aryl methyl sites for hydroxylation is 1. The Hall–Kier alpha value is -1.79. The second-order valence-corrected chi connectivity index (χ2v) is 9.55. The molecule has 2 aromatic rings. The topological polar surface area (TPSA) is 52.7 Å². The first kappa shape index (κ1) is 22.4. The van der Waals surface area contributed by atoms with Crippen molar-refractivity contribution in [2.75, 3.05) is 38.0 Å². The lowest BCUT2D eigenvalue weighted by molar-refractivity contribution is -0.116. The van der Waals surface area contributed by atoms with Crippen molar-refractivity contribution in [1.82, 2.24) is 9.80 Å². The highest BCUT2D eigenvalue weighted by molar-refractivity contribution is 6.43. The molecule has 0 spiro atoms. The fraction of sp³-hybridized carbons (Fsp3) is 0.391. The van der Waals surface area contributed by atoms with Crippen LogP contribution in [0.15, 0.2) is 36.4 Å². The summed E-state index contributed by atoms with van der Waals surface area (Å²) in [5.74, 6) is 0.746. The van der Waals surface area contributed by atoms with Crippen LogP contribution in [-0.4, -0.2) is 54.3 Å².